The molecule has 0 bridgehead atoms. The van der Waals surface area contributed by atoms with Crippen LogP contribution in [-0.4, -0.2) is 47.0 Å². The van der Waals surface area contributed by atoms with E-state index in [1.807, 2.05) is 19.1 Å². The number of aromatic nitrogens is 1. The second kappa shape index (κ2) is 12.7. The zero-order valence-electron chi connectivity index (χ0n) is 20.4. The summed E-state index contributed by atoms with van der Waals surface area (Å²) in [5.74, 6) is 0.436. The van der Waals surface area contributed by atoms with Crippen LogP contribution in [0, 0.1) is 6.92 Å². The van der Waals surface area contributed by atoms with E-state index in [0.29, 0.717) is 29.5 Å². The van der Waals surface area contributed by atoms with Gasteiger partial charge >= 0.3 is 0 Å². The van der Waals surface area contributed by atoms with Gasteiger partial charge in [0.1, 0.15) is 17.6 Å². The molecule has 1 unspecified atom stereocenters. The molecule has 9 nitrogen and oxygen atoms in total. The van der Waals surface area contributed by atoms with Crippen LogP contribution in [0.4, 0.5) is 5.82 Å². The monoisotopic (exact) mass is 482 g/mol. The number of carbonyl (C=O) groups is 3. The van der Waals surface area contributed by atoms with Crippen molar-refractivity contribution in [3.8, 4) is 5.75 Å². The number of aryl methyl sites for hydroxylation is 1. The van der Waals surface area contributed by atoms with Gasteiger partial charge in [-0.15, -0.1) is 6.58 Å². The highest BCUT2D eigenvalue weighted by Crippen LogP contribution is 2.31. The van der Waals surface area contributed by atoms with E-state index in [2.05, 4.69) is 22.4 Å². The van der Waals surface area contributed by atoms with Crippen LogP contribution in [0.3, 0.4) is 0 Å². The molecule has 188 valence electrons. The standard InChI is InChI=1S/C26H34N4O5/c1-4-16-30(24(32)15-14-23(31)28-22-17-18(3)35-29-22)25(26(33)27-19-10-6-7-11-19)20-12-8-9-13-21(20)34-5-2/h4,8-9,12-13,17,19,25H,1,5-7,10-11,14-16H2,2-3H3,(H,27,33)(H,28,29,31). The van der Waals surface area contributed by atoms with Gasteiger partial charge in [0, 0.05) is 37.1 Å². The van der Waals surface area contributed by atoms with Gasteiger partial charge in [-0.05, 0) is 32.8 Å². The Kier molecular flexibility index (Phi) is 9.46. The van der Waals surface area contributed by atoms with Crippen LogP contribution in [0.5, 0.6) is 5.75 Å². The molecule has 3 rings (SSSR count). The molecule has 1 aliphatic rings. The van der Waals surface area contributed by atoms with Crippen LogP contribution in [0.15, 0.2) is 47.5 Å². The van der Waals surface area contributed by atoms with Crippen molar-refractivity contribution in [3.05, 3.63) is 54.3 Å². The summed E-state index contributed by atoms with van der Waals surface area (Å²) in [5, 5.41) is 9.46. The van der Waals surface area contributed by atoms with Crippen LogP contribution in [0.1, 0.15) is 62.8 Å². The van der Waals surface area contributed by atoms with Crippen LogP contribution in [-0.2, 0) is 14.4 Å². The number of amides is 3. The van der Waals surface area contributed by atoms with Crippen LogP contribution in [0.2, 0.25) is 0 Å². The van der Waals surface area contributed by atoms with Crippen LogP contribution in [0.25, 0.3) is 0 Å². The lowest BCUT2D eigenvalue weighted by Crippen LogP contribution is -2.46. The molecule has 1 fully saturated rings. The lowest BCUT2D eigenvalue weighted by Gasteiger charge is -2.32. The number of benzene rings is 1. The third kappa shape index (κ3) is 7.18. The number of hydrogen-bond acceptors (Lipinski definition) is 6. The smallest absolute Gasteiger partial charge is 0.247 e. The maximum atomic E-state index is 13.6. The quantitative estimate of drug-likeness (QED) is 0.443. The Balaban J connectivity index is 1.81. The van der Waals surface area contributed by atoms with Gasteiger partial charge in [-0.25, -0.2) is 0 Å². The Labute approximate surface area is 205 Å². The molecule has 1 saturated carbocycles. The van der Waals surface area contributed by atoms with Crippen molar-refractivity contribution in [3.63, 3.8) is 0 Å². The number of rotatable bonds is 12. The highest BCUT2D eigenvalue weighted by molar-refractivity contribution is 5.94. The van der Waals surface area contributed by atoms with E-state index in [4.69, 9.17) is 9.26 Å². The molecule has 1 atom stereocenters. The number of carbonyl (C=O) groups excluding carboxylic acids is 3. The molecule has 1 aromatic heterocycles. The first-order valence-electron chi connectivity index (χ1n) is 12.1. The predicted octanol–water partition coefficient (Wildman–Crippen LogP) is 3.92. The molecular formula is C26H34N4O5. The third-order valence-electron chi connectivity index (χ3n) is 5.88. The SMILES string of the molecule is C=CCN(C(=O)CCC(=O)Nc1cc(C)on1)C(C(=O)NC1CCCC1)c1ccccc1OCC. The van der Waals surface area contributed by atoms with E-state index in [1.54, 1.807) is 31.2 Å². The zero-order valence-corrected chi connectivity index (χ0v) is 20.4. The van der Waals surface area contributed by atoms with Crippen molar-refractivity contribution in [2.45, 2.75) is 64.5 Å². The van der Waals surface area contributed by atoms with Crippen molar-refractivity contribution < 1.29 is 23.6 Å². The minimum atomic E-state index is -0.912. The fourth-order valence-electron chi connectivity index (χ4n) is 4.28. The van der Waals surface area contributed by atoms with E-state index >= 15 is 0 Å². The summed E-state index contributed by atoms with van der Waals surface area (Å²) in [6.07, 6.45) is 5.41. The summed E-state index contributed by atoms with van der Waals surface area (Å²) in [5.41, 5.74) is 0.600. The summed E-state index contributed by atoms with van der Waals surface area (Å²) in [7, 11) is 0. The second-order valence-corrected chi connectivity index (χ2v) is 8.57. The maximum Gasteiger partial charge on any atom is 0.247 e. The van der Waals surface area contributed by atoms with E-state index < -0.39 is 6.04 Å². The Morgan fingerprint density at radius 3 is 2.66 bits per heavy atom. The molecule has 3 amide bonds. The summed E-state index contributed by atoms with van der Waals surface area (Å²) in [4.78, 5) is 40.8. The topological polar surface area (TPSA) is 114 Å². The van der Waals surface area contributed by atoms with Gasteiger partial charge in [0.2, 0.25) is 17.7 Å². The number of hydrogen-bond donors (Lipinski definition) is 2. The largest absolute Gasteiger partial charge is 0.494 e. The predicted molar refractivity (Wildman–Crippen MR) is 132 cm³/mol. The van der Waals surface area contributed by atoms with Crippen LogP contribution < -0.4 is 15.4 Å². The van der Waals surface area contributed by atoms with E-state index in [9.17, 15) is 14.4 Å². The summed E-state index contributed by atoms with van der Waals surface area (Å²) in [6.45, 7) is 7.93. The molecule has 2 aromatic rings. The fraction of sp³-hybridized carbons (Fsp3) is 0.462. The first-order chi connectivity index (χ1) is 16.9. The second-order valence-electron chi connectivity index (χ2n) is 8.57. The van der Waals surface area contributed by atoms with Gasteiger partial charge in [0.15, 0.2) is 5.82 Å². The number of nitrogens with zero attached hydrogens (tertiary/aromatic N) is 2. The first-order valence-corrected chi connectivity index (χ1v) is 12.1. The summed E-state index contributed by atoms with van der Waals surface area (Å²) in [6, 6.07) is 8.00. The lowest BCUT2D eigenvalue weighted by molar-refractivity contribution is -0.141. The van der Waals surface area contributed by atoms with Gasteiger partial charge in [0.25, 0.3) is 0 Å². The Hall–Kier alpha value is -3.62. The summed E-state index contributed by atoms with van der Waals surface area (Å²) < 4.78 is 10.7. The number of para-hydroxylation sites is 1. The van der Waals surface area contributed by atoms with E-state index in [0.717, 1.165) is 25.7 Å². The third-order valence-corrected chi connectivity index (χ3v) is 5.88. The molecule has 1 heterocycles. The fourth-order valence-corrected chi connectivity index (χ4v) is 4.28. The zero-order chi connectivity index (χ0) is 25.2. The number of nitrogens with one attached hydrogen (secondary N) is 2. The van der Waals surface area contributed by atoms with Crippen LogP contribution >= 0.6 is 0 Å². The van der Waals surface area contributed by atoms with Gasteiger partial charge in [-0.3, -0.25) is 14.4 Å². The molecule has 1 aliphatic carbocycles. The normalized spacial score (nSPS) is 14.2. The van der Waals surface area contributed by atoms with Crippen molar-refractivity contribution in [2.24, 2.45) is 0 Å². The van der Waals surface area contributed by atoms with Crippen molar-refractivity contribution in [1.29, 1.82) is 0 Å². The average molecular weight is 483 g/mol. The van der Waals surface area contributed by atoms with Crippen molar-refractivity contribution in [1.82, 2.24) is 15.4 Å². The number of anilines is 1. The van der Waals surface area contributed by atoms with Gasteiger partial charge in [0.05, 0.1) is 6.61 Å². The molecule has 1 aromatic carbocycles. The molecule has 0 saturated heterocycles. The average Bonchev–Trinajstić information content (AvgIpc) is 3.50. The van der Waals surface area contributed by atoms with Gasteiger partial charge in [-0.1, -0.05) is 42.3 Å². The Bertz CT molecular complexity index is 1030. The highest BCUT2D eigenvalue weighted by atomic mass is 16.5. The number of ether oxygens (including phenoxy) is 1. The molecular weight excluding hydrogens is 448 g/mol. The molecule has 35 heavy (non-hydrogen) atoms. The molecule has 0 radical (unpaired) electrons. The lowest BCUT2D eigenvalue weighted by atomic mass is 10.0. The molecule has 2 N–H and O–H groups in total. The highest BCUT2D eigenvalue weighted by Gasteiger charge is 2.34. The Morgan fingerprint density at radius 2 is 2.00 bits per heavy atom. The Morgan fingerprint density at radius 1 is 1.26 bits per heavy atom. The summed E-state index contributed by atoms with van der Waals surface area (Å²) >= 11 is 0. The molecule has 0 spiro atoms. The first kappa shape index (κ1) is 26.0. The maximum absolute atomic E-state index is 13.6. The van der Waals surface area contributed by atoms with Crippen molar-refractivity contribution >= 4 is 23.5 Å². The minimum Gasteiger partial charge on any atom is -0.494 e. The van der Waals surface area contributed by atoms with E-state index in [1.165, 1.54) is 4.90 Å². The molecule has 0 aliphatic heterocycles. The minimum absolute atomic E-state index is 0.0670. The molecule has 9 heteroatoms. The van der Waals surface area contributed by atoms with Gasteiger partial charge in [-0.2, -0.15) is 0 Å². The van der Waals surface area contributed by atoms with Gasteiger partial charge < -0.3 is 24.8 Å². The van der Waals surface area contributed by atoms with Crippen molar-refractivity contribution in [2.75, 3.05) is 18.5 Å². The van der Waals surface area contributed by atoms with E-state index in [-0.39, 0.29) is 43.1 Å².